The largest absolute Gasteiger partial charge is 0.491 e. The molecule has 0 radical (unpaired) electrons. The molecule has 0 spiro atoms. The summed E-state index contributed by atoms with van der Waals surface area (Å²) >= 11 is 0. The first-order valence-electron chi connectivity index (χ1n) is 6.65. The van der Waals surface area contributed by atoms with Crippen molar-refractivity contribution in [1.29, 1.82) is 0 Å². The number of para-hydroxylation sites is 1. The molecule has 2 aromatic rings. The molecule has 0 aromatic heterocycles. The van der Waals surface area contributed by atoms with Crippen LogP contribution in [-0.2, 0) is 11.3 Å². The number of carbonyl (C=O) groups is 1. The van der Waals surface area contributed by atoms with Crippen molar-refractivity contribution in [1.82, 2.24) is 5.43 Å². The fourth-order valence-corrected chi connectivity index (χ4v) is 1.76. The smallest absolute Gasteiger partial charge is 0.265 e. The number of nitrogens with one attached hydrogen (secondary N) is 1. The summed E-state index contributed by atoms with van der Waals surface area (Å²) in [5.41, 5.74) is 3.60. The van der Waals surface area contributed by atoms with Gasteiger partial charge in [0.15, 0.2) is 0 Å². The van der Waals surface area contributed by atoms with Gasteiger partial charge in [0.2, 0.25) is 0 Å². The molecule has 0 saturated carbocycles. The Hall–Kier alpha value is -2.37. The van der Waals surface area contributed by atoms with E-state index in [2.05, 4.69) is 5.43 Å². The van der Waals surface area contributed by atoms with Crippen molar-refractivity contribution < 1.29 is 14.3 Å². The first kappa shape index (κ1) is 15.0. The molecule has 0 saturated heterocycles. The summed E-state index contributed by atoms with van der Waals surface area (Å²) < 4.78 is 11.0. The first-order chi connectivity index (χ1) is 10.3. The van der Waals surface area contributed by atoms with E-state index < -0.39 is 0 Å². The van der Waals surface area contributed by atoms with E-state index in [-0.39, 0.29) is 5.91 Å². The van der Waals surface area contributed by atoms with Crippen LogP contribution in [0.3, 0.4) is 0 Å². The summed E-state index contributed by atoms with van der Waals surface area (Å²) in [5.74, 6) is 5.59. The van der Waals surface area contributed by atoms with Crippen LogP contribution in [-0.4, -0.2) is 19.1 Å². The molecule has 5 nitrogen and oxygen atoms in total. The molecule has 0 fully saturated rings. The Balaban J connectivity index is 1.68. The van der Waals surface area contributed by atoms with Crippen LogP contribution >= 0.6 is 0 Å². The lowest BCUT2D eigenvalue weighted by molar-refractivity contribution is 0.0888. The Morgan fingerprint density at radius 1 is 1.00 bits per heavy atom. The number of rotatable bonds is 7. The summed E-state index contributed by atoms with van der Waals surface area (Å²) in [6.07, 6.45) is 0. The van der Waals surface area contributed by atoms with Gasteiger partial charge in [-0.3, -0.25) is 10.2 Å². The van der Waals surface area contributed by atoms with E-state index in [9.17, 15) is 4.79 Å². The second-order valence-electron chi connectivity index (χ2n) is 4.38. The van der Waals surface area contributed by atoms with E-state index in [1.165, 1.54) is 0 Å². The lowest BCUT2D eigenvalue weighted by atomic mass is 10.1. The highest BCUT2D eigenvalue weighted by atomic mass is 16.5. The van der Waals surface area contributed by atoms with Crippen molar-refractivity contribution >= 4 is 5.91 Å². The molecule has 1 amide bonds. The molecule has 5 heteroatoms. The summed E-state index contributed by atoms with van der Waals surface area (Å²) in [6, 6.07) is 16.7. The Bertz CT molecular complexity index is 555. The molecule has 2 aromatic carbocycles. The minimum absolute atomic E-state index is 0.307. The first-order valence-corrected chi connectivity index (χ1v) is 6.65. The molecule has 2 rings (SSSR count). The number of hydrogen-bond acceptors (Lipinski definition) is 4. The summed E-state index contributed by atoms with van der Waals surface area (Å²) in [6.45, 7) is 1.47. The highest BCUT2D eigenvalue weighted by Gasteiger charge is 2.02. The number of amides is 1. The third kappa shape index (κ3) is 4.91. The number of carbonyl (C=O) groups excluding carboxylic acids is 1. The quantitative estimate of drug-likeness (QED) is 0.353. The number of benzene rings is 2. The van der Waals surface area contributed by atoms with Crippen LogP contribution in [0.25, 0.3) is 0 Å². The van der Waals surface area contributed by atoms with Gasteiger partial charge >= 0.3 is 0 Å². The molecule has 0 aliphatic heterocycles. The van der Waals surface area contributed by atoms with Gasteiger partial charge in [-0.1, -0.05) is 30.3 Å². The normalized spacial score (nSPS) is 10.1. The molecule has 21 heavy (non-hydrogen) atoms. The number of hydrazine groups is 1. The van der Waals surface area contributed by atoms with Crippen LogP contribution in [0.4, 0.5) is 0 Å². The van der Waals surface area contributed by atoms with Crippen LogP contribution in [0.15, 0.2) is 54.6 Å². The average Bonchev–Trinajstić information content (AvgIpc) is 2.55. The van der Waals surface area contributed by atoms with Gasteiger partial charge in [0.25, 0.3) is 5.91 Å². The van der Waals surface area contributed by atoms with Gasteiger partial charge in [-0.05, 0) is 29.8 Å². The molecule has 0 atom stereocenters. The van der Waals surface area contributed by atoms with Gasteiger partial charge in [-0.15, -0.1) is 0 Å². The zero-order chi connectivity index (χ0) is 14.9. The van der Waals surface area contributed by atoms with Crippen LogP contribution in [0.1, 0.15) is 15.9 Å². The van der Waals surface area contributed by atoms with Crippen LogP contribution in [0.2, 0.25) is 0 Å². The molecule has 110 valence electrons. The molecule has 0 heterocycles. The van der Waals surface area contributed by atoms with Gasteiger partial charge in [0, 0.05) is 5.56 Å². The molecule has 0 unspecified atom stereocenters. The standard InChI is InChI=1S/C16H18N2O3/c17-18-16(19)14-8-6-13(7-9-14)12-20-10-11-21-15-4-2-1-3-5-15/h1-9H,10-12,17H2,(H,18,19). The maximum atomic E-state index is 11.3. The van der Waals surface area contributed by atoms with Crippen molar-refractivity contribution in [2.75, 3.05) is 13.2 Å². The molecular formula is C16H18N2O3. The minimum Gasteiger partial charge on any atom is -0.491 e. The van der Waals surface area contributed by atoms with Gasteiger partial charge in [0.05, 0.1) is 13.2 Å². The molecular weight excluding hydrogens is 268 g/mol. The molecule has 3 N–H and O–H groups in total. The second kappa shape index (κ2) is 8.04. The summed E-state index contributed by atoms with van der Waals surface area (Å²) in [7, 11) is 0. The average molecular weight is 286 g/mol. The maximum absolute atomic E-state index is 11.3. The minimum atomic E-state index is -0.307. The number of nitrogen functional groups attached to an aromatic ring is 1. The van der Waals surface area contributed by atoms with Gasteiger partial charge in [-0.25, -0.2) is 5.84 Å². The van der Waals surface area contributed by atoms with Crippen LogP contribution in [0, 0.1) is 0 Å². The monoisotopic (exact) mass is 286 g/mol. The zero-order valence-corrected chi connectivity index (χ0v) is 11.6. The van der Waals surface area contributed by atoms with Crippen molar-refractivity contribution in [3.8, 4) is 5.75 Å². The van der Waals surface area contributed by atoms with Gasteiger partial charge in [-0.2, -0.15) is 0 Å². The van der Waals surface area contributed by atoms with Crippen molar-refractivity contribution in [2.24, 2.45) is 5.84 Å². The van der Waals surface area contributed by atoms with E-state index in [1.54, 1.807) is 12.1 Å². The fraction of sp³-hybridized carbons (Fsp3) is 0.188. The Labute approximate surface area is 123 Å². The lowest BCUT2D eigenvalue weighted by Crippen LogP contribution is -2.29. The number of nitrogens with two attached hydrogens (primary N) is 1. The third-order valence-corrected chi connectivity index (χ3v) is 2.86. The lowest BCUT2D eigenvalue weighted by Gasteiger charge is -2.07. The highest BCUT2D eigenvalue weighted by molar-refractivity contribution is 5.93. The topological polar surface area (TPSA) is 73.6 Å². The highest BCUT2D eigenvalue weighted by Crippen LogP contribution is 2.08. The van der Waals surface area contributed by atoms with E-state index in [4.69, 9.17) is 15.3 Å². The Morgan fingerprint density at radius 3 is 2.38 bits per heavy atom. The van der Waals surface area contributed by atoms with Crippen LogP contribution < -0.4 is 16.0 Å². The fourth-order valence-electron chi connectivity index (χ4n) is 1.76. The SMILES string of the molecule is NNC(=O)c1ccc(COCCOc2ccccc2)cc1. The van der Waals surface area contributed by atoms with E-state index in [0.717, 1.165) is 11.3 Å². The molecule has 0 aliphatic carbocycles. The zero-order valence-electron chi connectivity index (χ0n) is 11.6. The Morgan fingerprint density at radius 2 is 1.71 bits per heavy atom. The molecule has 0 aliphatic rings. The molecule has 0 bridgehead atoms. The van der Waals surface area contributed by atoms with Crippen molar-refractivity contribution in [3.05, 3.63) is 65.7 Å². The van der Waals surface area contributed by atoms with E-state index in [0.29, 0.717) is 25.4 Å². The van der Waals surface area contributed by atoms with Crippen molar-refractivity contribution in [2.45, 2.75) is 6.61 Å². The predicted molar refractivity (Wildman–Crippen MR) is 79.7 cm³/mol. The van der Waals surface area contributed by atoms with Gasteiger partial charge in [0.1, 0.15) is 12.4 Å². The number of hydrogen-bond donors (Lipinski definition) is 2. The van der Waals surface area contributed by atoms with Gasteiger partial charge < -0.3 is 9.47 Å². The Kier molecular flexibility index (Phi) is 5.75. The maximum Gasteiger partial charge on any atom is 0.265 e. The van der Waals surface area contributed by atoms with E-state index in [1.807, 2.05) is 42.5 Å². The van der Waals surface area contributed by atoms with Crippen LogP contribution in [0.5, 0.6) is 5.75 Å². The summed E-state index contributed by atoms with van der Waals surface area (Å²) in [5, 5.41) is 0. The number of ether oxygens (including phenoxy) is 2. The van der Waals surface area contributed by atoms with Crippen molar-refractivity contribution in [3.63, 3.8) is 0 Å². The van der Waals surface area contributed by atoms with E-state index >= 15 is 0 Å². The third-order valence-electron chi connectivity index (χ3n) is 2.86. The second-order valence-corrected chi connectivity index (χ2v) is 4.38. The summed E-state index contributed by atoms with van der Waals surface area (Å²) in [4.78, 5) is 11.3. The predicted octanol–water partition coefficient (Wildman–Crippen LogP) is 1.89.